The number of para-hydroxylation sites is 1. The lowest BCUT2D eigenvalue weighted by molar-refractivity contribution is -0.113. The van der Waals surface area contributed by atoms with Crippen LogP contribution in [0.2, 0.25) is 0 Å². The fourth-order valence-electron chi connectivity index (χ4n) is 2.32. The zero-order chi connectivity index (χ0) is 19.2. The number of nitrogens with zero attached hydrogens (tertiary/aromatic N) is 2. The summed E-state index contributed by atoms with van der Waals surface area (Å²) in [7, 11) is 0. The van der Waals surface area contributed by atoms with Crippen LogP contribution in [0.5, 0.6) is 0 Å². The molecule has 3 N–H and O–H groups in total. The number of anilines is 1. The van der Waals surface area contributed by atoms with Crippen LogP contribution in [0.3, 0.4) is 0 Å². The number of hydrogen-bond acceptors (Lipinski definition) is 5. The molecule has 0 bridgehead atoms. The number of carbonyl (C=O) groups excluding carboxylic acids is 1. The summed E-state index contributed by atoms with van der Waals surface area (Å²) in [4.78, 5) is 17.0. The molecule has 0 saturated carbocycles. The van der Waals surface area contributed by atoms with E-state index in [0.717, 1.165) is 5.56 Å². The zero-order valence-electron chi connectivity index (χ0n) is 14.0. The average Bonchev–Trinajstić information content (AvgIpc) is 3.03. The van der Waals surface area contributed by atoms with Gasteiger partial charge >= 0.3 is 0 Å². The van der Waals surface area contributed by atoms with Crippen LogP contribution in [-0.4, -0.2) is 27.1 Å². The number of rotatable bonds is 7. The SMILES string of the molecule is Nn1cc(-c2ccccc2)nc1SCC(=O)Nc1ccccc1SC(F)F. The standard InChI is InChI=1S/C18H16F2N4OS2/c19-17(20)27-15-9-5-4-8-13(15)22-16(25)11-26-18-23-14(10-24(18)21)12-6-2-1-3-7-12/h1-10,17H,11,21H2,(H,22,25). The molecular weight excluding hydrogens is 390 g/mol. The summed E-state index contributed by atoms with van der Waals surface area (Å²) < 4.78 is 26.6. The van der Waals surface area contributed by atoms with Crippen molar-refractivity contribution in [2.24, 2.45) is 0 Å². The summed E-state index contributed by atoms with van der Waals surface area (Å²) in [5, 5.41) is 3.14. The molecule has 1 aromatic heterocycles. The maximum Gasteiger partial charge on any atom is 0.288 e. The number of nitrogens with one attached hydrogen (secondary N) is 1. The van der Waals surface area contributed by atoms with Gasteiger partial charge in [-0.3, -0.25) is 4.79 Å². The first kappa shape index (κ1) is 19.2. The number of alkyl halides is 2. The first-order valence-electron chi connectivity index (χ1n) is 7.89. The number of halogens is 2. The molecule has 0 aliphatic carbocycles. The van der Waals surface area contributed by atoms with Crippen molar-refractivity contribution in [3.05, 3.63) is 60.8 Å². The third kappa shape index (κ3) is 5.24. The van der Waals surface area contributed by atoms with Crippen molar-refractivity contribution < 1.29 is 13.6 Å². The molecule has 9 heteroatoms. The van der Waals surface area contributed by atoms with Crippen LogP contribution in [0.15, 0.2) is 70.8 Å². The molecule has 1 amide bonds. The van der Waals surface area contributed by atoms with E-state index in [1.807, 2.05) is 30.3 Å². The highest BCUT2D eigenvalue weighted by molar-refractivity contribution is 8.00. The second-order valence-electron chi connectivity index (χ2n) is 5.39. The average molecular weight is 406 g/mol. The molecule has 1 heterocycles. The van der Waals surface area contributed by atoms with E-state index in [2.05, 4.69) is 10.3 Å². The molecule has 27 heavy (non-hydrogen) atoms. The van der Waals surface area contributed by atoms with Crippen molar-refractivity contribution in [3.63, 3.8) is 0 Å². The third-order valence-electron chi connectivity index (χ3n) is 3.48. The predicted octanol–water partition coefficient (Wildman–Crippen LogP) is 4.31. The molecule has 0 radical (unpaired) electrons. The van der Waals surface area contributed by atoms with Crippen LogP contribution in [-0.2, 0) is 4.79 Å². The van der Waals surface area contributed by atoms with Crippen molar-refractivity contribution in [1.82, 2.24) is 9.66 Å². The minimum absolute atomic E-state index is 0.0517. The van der Waals surface area contributed by atoms with Gasteiger partial charge in [0.05, 0.1) is 23.3 Å². The Morgan fingerprint density at radius 2 is 1.85 bits per heavy atom. The largest absolute Gasteiger partial charge is 0.337 e. The number of carbonyl (C=O) groups is 1. The lowest BCUT2D eigenvalue weighted by Gasteiger charge is -2.10. The van der Waals surface area contributed by atoms with E-state index in [1.165, 1.54) is 22.5 Å². The topological polar surface area (TPSA) is 72.9 Å². The van der Waals surface area contributed by atoms with E-state index < -0.39 is 5.76 Å². The molecule has 0 atom stereocenters. The summed E-state index contributed by atoms with van der Waals surface area (Å²) in [5.74, 6) is 3.08. The van der Waals surface area contributed by atoms with Crippen LogP contribution in [0.4, 0.5) is 14.5 Å². The van der Waals surface area contributed by atoms with Gasteiger partial charge in [0.1, 0.15) is 0 Å². The summed E-state index contributed by atoms with van der Waals surface area (Å²) in [6.07, 6.45) is 1.68. The predicted molar refractivity (Wildman–Crippen MR) is 105 cm³/mol. The zero-order valence-corrected chi connectivity index (χ0v) is 15.6. The molecule has 140 valence electrons. The Morgan fingerprint density at radius 3 is 2.59 bits per heavy atom. The molecule has 0 aliphatic rings. The lowest BCUT2D eigenvalue weighted by atomic mass is 10.2. The number of aromatic nitrogens is 2. The minimum Gasteiger partial charge on any atom is -0.337 e. The molecule has 2 aromatic carbocycles. The van der Waals surface area contributed by atoms with Gasteiger partial charge < -0.3 is 11.2 Å². The minimum atomic E-state index is -2.56. The highest BCUT2D eigenvalue weighted by atomic mass is 32.2. The van der Waals surface area contributed by atoms with Gasteiger partial charge in [0.25, 0.3) is 5.76 Å². The Hall–Kier alpha value is -2.52. The molecular formula is C18H16F2N4OS2. The van der Waals surface area contributed by atoms with Gasteiger partial charge in [-0.1, -0.05) is 66.0 Å². The first-order valence-corrected chi connectivity index (χ1v) is 9.76. The maximum atomic E-state index is 12.6. The van der Waals surface area contributed by atoms with Crippen molar-refractivity contribution in [3.8, 4) is 11.3 Å². The lowest BCUT2D eigenvalue weighted by Crippen LogP contribution is -2.16. The van der Waals surface area contributed by atoms with Gasteiger partial charge in [0.15, 0.2) is 5.16 Å². The second kappa shape index (κ2) is 8.92. The number of amides is 1. The molecule has 3 rings (SSSR count). The fraction of sp³-hybridized carbons (Fsp3) is 0.111. The van der Waals surface area contributed by atoms with Crippen LogP contribution >= 0.6 is 23.5 Å². The van der Waals surface area contributed by atoms with Gasteiger partial charge in [-0.25, -0.2) is 9.66 Å². The Morgan fingerprint density at radius 1 is 1.15 bits per heavy atom. The number of benzene rings is 2. The van der Waals surface area contributed by atoms with E-state index in [1.54, 1.807) is 24.4 Å². The summed E-state index contributed by atoms with van der Waals surface area (Å²) in [5.41, 5.74) is 1.99. The van der Waals surface area contributed by atoms with Gasteiger partial charge in [-0.2, -0.15) is 8.78 Å². The van der Waals surface area contributed by atoms with Crippen molar-refractivity contribution in [2.75, 3.05) is 16.9 Å². The van der Waals surface area contributed by atoms with Crippen molar-refractivity contribution >= 4 is 35.1 Å². The molecule has 0 spiro atoms. The number of hydrogen-bond donors (Lipinski definition) is 2. The summed E-state index contributed by atoms with van der Waals surface area (Å²) in [6.45, 7) is 0. The molecule has 5 nitrogen and oxygen atoms in total. The van der Waals surface area contributed by atoms with E-state index in [-0.39, 0.29) is 11.7 Å². The molecule has 0 aliphatic heterocycles. The number of nitrogen functional groups attached to an aromatic ring is 1. The van der Waals surface area contributed by atoms with E-state index >= 15 is 0 Å². The Kier molecular flexibility index (Phi) is 6.36. The first-order chi connectivity index (χ1) is 13.0. The van der Waals surface area contributed by atoms with Gasteiger partial charge in [-0.05, 0) is 12.1 Å². The molecule has 0 unspecified atom stereocenters. The third-order valence-corrected chi connectivity index (χ3v) is 5.23. The van der Waals surface area contributed by atoms with E-state index in [4.69, 9.17) is 5.84 Å². The number of imidazole rings is 1. The fourth-order valence-corrected chi connectivity index (χ4v) is 3.61. The Bertz CT molecular complexity index is 919. The number of thioether (sulfide) groups is 2. The van der Waals surface area contributed by atoms with Crippen LogP contribution < -0.4 is 11.2 Å². The van der Waals surface area contributed by atoms with Crippen LogP contribution in [0, 0.1) is 0 Å². The molecule has 3 aromatic rings. The molecule has 0 saturated heterocycles. The number of nitrogens with two attached hydrogens (primary N) is 1. The van der Waals surface area contributed by atoms with Gasteiger partial charge in [0, 0.05) is 10.5 Å². The highest BCUT2D eigenvalue weighted by Gasteiger charge is 2.14. The Labute approximate surface area is 163 Å². The highest BCUT2D eigenvalue weighted by Crippen LogP contribution is 2.32. The van der Waals surface area contributed by atoms with Crippen LogP contribution in [0.25, 0.3) is 11.3 Å². The smallest absolute Gasteiger partial charge is 0.288 e. The monoisotopic (exact) mass is 406 g/mol. The summed E-state index contributed by atoms with van der Waals surface area (Å²) >= 11 is 1.56. The maximum absolute atomic E-state index is 12.6. The normalized spacial score (nSPS) is 10.9. The Balaban J connectivity index is 1.63. The summed E-state index contributed by atoms with van der Waals surface area (Å²) in [6, 6.07) is 16.0. The van der Waals surface area contributed by atoms with E-state index in [9.17, 15) is 13.6 Å². The van der Waals surface area contributed by atoms with Gasteiger partial charge in [-0.15, -0.1) is 0 Å². The molecule has 0 fully saturated rings. The quantitative estimate of drug-likeness (QED) is 0.452. The van der Waals surface area contributed by atoms with Crippen molar-refractivity contribution in [2.45, 2.75) is 15.8 Å². The van der Waals surface area contributed by atoms with E-state index in [0.29, 0.717) is 33.2 Å². The second-order valence-corrected chi connectivity index (χ2v) is 7.37. The van der Waals surface area contributed by atoms with Gasteiger partial charge in [0.2, 0.25) is 5.91 Å². The van der Waals surface area contributed by atoms with Crippen LogP contribution in [0.1, 0.15) is 0 Å². The van der Waals surface area contributed by atoms with Crippen molar-refractivity contribution in [1.29, 1.82) is 0 Å².